The van der Waals surface area contributed by atoms with Gasteiger partial charge in [0.15, 0.2) is 17.3 Å². The van der Waals surface area contributed by atoms with E-state index in [2.05, 4.69) is 34.3 Å². The first-order valence-electron chi connectivity index (χ1n) is 14.5. The first kappa shape index (κ1) is 29.0. The summed E-state index contributed by atoms with van der Waals surface area (Å²) in [6.45, 7) is 9.26. The van der Waals surface area contributed by atoms with Gasteiger partial charge in [0.1, 0.15) is 0 Å². The van der Waals surface area contributed by atoms with Crippen LogP contribution in [-0.4, -0.2) is 76.7 Å². The van der Waals surface area contributed by atoms with Gasteiger partial charge in [-0.25, -0.2) is 0 Å². The number of amides is 1. The van der Waals surface area contributed by atoms with Crippen LogP contribution in [0.15, 0.2) is 53.7 Å². The minimum atomic E-state index is -0.483. The van der Waals surface area contributed by atoms with Crippen LogP contribution in [0.5, 0.6) is 11.5 Å². The van der Waals surface area contributed by atoms with E-state index in [0.29, 0.717) is 30.0 Å². The standard InChI is InChI=1S/C32H42N4O5/c1-32(2)19-24-30(26(37)20-32)31(22-10-11-27(39-3)28(18-22)40-4)36(25-9-6-5-8-23(25)34-24)21-29(38)33-12-7-13-35-14-16-41-17-15-35/h5-6,8-11,18,31,34H,7,12-17,19-21H2,1-4H3,(H,33,38). The van der Waals surface area contributed by atoms with Gasteiger partial charge < -0.3 is 29.7 Å². The Kier molecular flexibility index (Phi) is 8.85. The Balaban J connectivity index is 1.49. The molecule has 2 aliphatic heterocycles. The Labute approximate surface area is 242 Å². The lowest BCUT2D eigenvalue weighted by Crippen LogP contribution is -2.43. The number of methoxy groups -OCH3 is 2. The average molecular weight is 563 g/mol. The van der Waals surface area contributed by atoms with Crippen molar-refractivity contribution in [2.45, 2.75) is 39.2 Å². The Bertz CT molecular complexity index is 1300. The minimum Gasteiger partial charge on any atom is -0.493 e. The number of allylic oxidation sites excluding steroid dienone is 1. The normalized spacial score (nSPS) is 20.4. The first-order valence-corrected chi connectivity index (χ1v) is 14.5. The number of nitrogens with zero attached hydrogens (tertiary/aromatic N) is 2. The van der Waals surface area contributed by atoms with Gasteiger partial charge in [0, 0.05) is 37.3 Å². The topological polar surface area (TPSA) is 92.4 Å². The van der Waals surface area contributed by atoms with E-state index < -0.39 is 6.04 Å². The number of fused-ring (bicyclic) bond motifs is 1. The third kappa shape index (κ3) is 6.52. The van der Waals surface area contributed by atoms with Gasteiger partial charge in [-0.3, -0.25) is 14.5 Å². The van der Waals surface area contributed by atoms with Crippen LogP contribution in [-0.2, 0) is 14.3 Å². The third-order valence-electron chi connectivity index (χ3n) is 8.12. The van der Waals surface area contributed by atoms with E-state index >= 15 is 0 Å². The summed E-state index contributed by atoms with van der Waals surface area (Å²) in [6, 6.07) is 13.2. The molecule has 1 amide bonds. The van der Waals surface area contributed by atoms with Crippen molar-refractivity contribution in [2.24, 2.45) is 5.41 Å². The number of nitrogens with one attached hydrogen (secondary N) is 2. The highest BCUT2D eigenvalue weighted by Crippen LogP contribution is 2.49. The molecule has 1 atom stereocenters. The molecule has 1 unspecified atom stereocenters. The fraction of sp³-hybridized carbons (Fsp3) is 0.500. The molecule has 0 spiro atoms. The molecule has 5 rings (SSSR count). The van der Waals surface area contributed by atoms with Crippen molar-refractivity contribution in [3.8, 4) is 11.5 Å². The summed E-state index contributed by atoms with van der Waals surface area (Å²) < 4.78 is 16.6. The lowest BCUT2D eigenvalue weighted by atomic mass is 9.73. The molecular formula is C32H42N4O5. The molecule has 0 radical (unpaired) electrons. The molecule has 2 heterocycles. The quantitative estimate of drug-likeness (QED) is 0.441. The number of carbonyl (C=O) groups excluding carboxylic acids is 2. The fourth-order valence-electron chi connectivity index (χ4n) is 6.16. The predicted molar refractivity (Wildman–Crippen MR) is 160 cm³/mol. The predicted octanol–water partition coefficient (Wildman–Crippen LogP) is 4.16. The number of hydrogen-bond donors (Lipinski definition) is 2. The maximum atomic E-state index is 13.9. The van der Waals surface area contributed by atoms with Crippen LogP contribution in [0.3, 0.4) is 0 Å². The Morgan fingerprint density at radius 1 is 1.07 bits per heavy atom. The molecule has 220 valence electrons. The number of ether oxygens (including phenoxy) is 3. The van der Waals surface area contributed by atoms with Crippen molar-refractivity contribution in [1.82, 2.24) is 10.2 Å². The lowest BCUT2D eigenvalue weighted by Gasteiger charge is -2.38. The van der Waals surface area contributed by atoms with Gasteiger partial charge in [-0.1, -0.05) is 32.0 Å². The molecule has 0 saturated carbocycles. The van der Waals surface area contributed by atoms with Crippen molar-refractivity contribution in [1.29, 1.82) is 0 Å². The number of benzene rings is 2. The minimum absolute atomic E-state index is 0.0834. The molecule has 3 aliphatic rings. The number of anilines is 2. The van der Waals surface area contributed by atoms with E-state index in [-0.39, 0.29) is 23.7 Å². The van der Waals surface area contributed by atoms with Gasteiger partial charge in [0.05, 0.1) is 51.4 Å². The number of ketones is 1. The molecule has 2 aromatic carbocycles. The molecule has 0 aromatic heterocycles. The number of carbonyl (C=O) groups is 2. The molecule has 9 heteroatoms. The maximum Gasteiger partial charge on any atom is 0.239 e. The van der Waals surface area contributed by atoms with E-state index in [1.165, 1.54) is 0 Å². The summed E-state index contributed by atoms with van der Waals surface area (Å²) in [5.74, 6) is 1.19. The van der Waals surface area contributed by atoms with Crippen molar-refractivity contribution >= 4 is 23.1 Å². The van der Waals surface area contributed by atoms with E-state index in [9.17, 15) is 9.59 Å². The second kappa shape index (κ2) is 12.5. The zero-order valence-electron chi connectivity index (χ0n) is 24.6. The molecule has 0 bridgehead atoms. The first-order chi connectivity index (χ1) is 19.8. The lowest BCUT2D eigenvalue weighted by molar-refractivity contribution is -0.120. The second-order valence-corrected chi connectivity index (χ2v) is 11.8. The highest BCUT2D eigenvalue weighted by atomic mass is 16.5. The number of Topliss-reactive ketones (excluding diaryl/α,β-unsaturated/α-hetero) is 1. The number of morpholine rings is 1. The number of hydrogen-bond acceptors (Lipinski definition) is 8. The Morgan fingerprint density at radius 3 is 2.59 bits per heavy atom. The maximum absolute atomic E-state index is 13.9. The zero-order valence-corrected chi connectivity index (χ0v) is 24.6. The number of rotatable bonds is 9. The Hall–Kier alpha value is -3.56. The molecule has 1 fully saturated rings. The van der Waals surface area contributed by atoms with Gasteiger partial charge in [-0.15, -0.1) is 0 Å². The molecule has 2 aromatic rings. The second-order valence-electron chi connectivity index (χ2n) is 11.8. The largest absolute Gasteiger partial charge is 0.493 e. The van der Waals surface area contributed by atoms with Crippen LogP contribution >= 0.6 is 0 Å². The zero-order chi connectivity index (χ0) is 29.0. The van der Waals surface area contributed by atoms with Gasteiger partial charge >= 0.3 is 0 Å². The van der Waals surface area contributed by atoms with Gasteiger partial charge in [0.25, 0.3) is 0 Å². The van der Waals surface area contributed by atoms with E-state index in [1.54, 1.807) is 14.2 Å². The van der Waals surface area contributed by atoms with Crippen LogP contribution < -0.4 is 25.0 Å². The Morgan fingerprint density at radius 2 is 1.83 bits per heavy atom. The van der Waals surface area contributed by atoms with Crippen LogP contribution in [0, 0.1) is 5.41 Å². The van der Waals surface area contributed by atoms with Crippen LogP contribution in [0.2, 0.25) is 0 Å². The average Bonchev–Trinajstić information content (AvgIpc) is 3.09. The molecular weight excluding hydrogens is 520 g/mol. The van der Waals surface area contributed by atoms with Gasteiger partial charge in [-0.05, 0) is 54.6 Å². The van der Waals surface area contributed by atoms with Crippen molar-refractivity contribution in [3.63, 3.8) is 0 Å². The van der Waals surface area contributed by atoms with Crippen LogP contribution in [0.25, 0.3) is 0 Å². The molecule has 9 nitrogen and oxygen atoms in total. The SMILES string of the molecule is COc1ccc(C2C3=C(CC(C)(C)CC3=O)Nc3ccccc3N2CC(=O)NCCCN2CCOCC2)cc1OC. The van der Waals surface area contributed by atoms with Crippen molar-refractivity contribution in [3.05, 3.63) is 59.3 Å². The summed E-state index contributed by atoms with van der Waals surface area (Å²) in [6.07, 6.45) is 2.04. The highest BCUT2D eigenvalue weighted by molar-refractivity contribution is 6.02. The summed E-state index contributed by atoms with van der Waals surface area (Å²) in [4.78, 5) is 31.8. The van der Waals surface area contributed by atoms with Crippen molar-refractivity contribution < 1.29 is 23.8 Å². The van der Waals surface area contributed by atoms with E-state index in [0.717, 1.165) is 68.3 Å². The smallest absolute Gasteiger partial charge is 0.239 e. The van der Waals surface area contributed by atoms with Crippen molar-refractivity contribution in [2.75, 3.05) is 70.4 Å². The fourth-order valence-corrected chi connectivity index (χ4v) is 6.16. The van der Waals surface area contributed by atoms with Crippen LogP contribution in [0.4, 0.5) is 11.4 Å². The molecule has 1 aliphatic carbocycles. The number of para-hydroxylation sites is 2. The molecule has 2 N–H and O–H groups in total. The van der Waals surface area contributed by atoms with Gasteiger partial charge in [0.2, 0.25) is 5.91 Å². The molecule has 1 saturated heterocycles. The third-order valence-corrected chi connectivity index (χ3v) is 8.12. The highest BCUT2D eigenvalue weighted by Gasteiger charge is 2.42. The monoisotopic (exact) mass is 562 g/mol. The summed E-state index contributed by atoms with van der Waals surface area (Å²) in [5, 5.41) is 6.73. The van der Waals surface area contributed by atoms with E-state index in [1.807, 2.05) is 42.5 Å². The molecule has 41 heavy (non-hydrogen) atoms. The summed E-state index contributed by atoms with van der Waals surface area (Å²) >= 11 is 0. The van der Waals surface area contributed by atoms with Gasteiger partial charge in [-0.2, -0.15) is 0 Å². The summed E-state index contributed by atoms with van der Waals surface area (Å²) in [7, 11) is 3.21. The summed E-state index contributed by atoms with van der Waals surface area (Å²) in [5.41, 5.74) is 4.05. The van der Waals surface area contributed by atoms with Crippen LogP contribution in [0.1, 0.15) is 44.7 Å². The van der Waals surface area contributed by atoms with E-state index in [4.69, 9.17) is 14.2 Å².